The Labute approximate surface area is 189 Å². The standard InChI is InChI=1S/C21H33NO4.C2H2O4/c1-20(2,3)24-12-11-23-17-13-16(18-19(17)26-21(4,5)25-18)22-14-15-9-7-6-8-10-15;3-1(4)2(5)6/h6-10,16-19,22H,11-14H2,1-5H3;(H,3,4)(H,5,6)/t16-,17+,18+,19-;/m1./s1. The van der Waals surface area contributed by atoms with Gasteiger partial charge in [-0.25, -0.2) is 9.59 Å². The van der Waals surface area contributed by atoms with E-state index in [2.05, 4.69) is 50.4 Å². The van der Waals surface area contributed by atoms with Crippen molar-refractivity contribution in [2.75, 3.05) is 13.2 Å². The summed E-state index contributed by atoms with van der Waals surface area (Å²) in [5, 5.41) is 18.4. The maximum atomic E-state index is 9.10. The van der Waals surface area contributed by atoms with Gasteiger partial charge in [0.1, 0.15) is 12.2 Å². The third-order valence-corrected chi connectivity index (χ3v) is 4.96. The SMILES string of the molecule is CC(C)(C)OCCO[C@H]1C[C@@H](NCc2ccccc2)[C@@H]2OC(C)(C)O[C@@H]21.O=C(O)C(=O)O. The van der Waals surface area contributed by atoms with E-state index in [0.29, 0.717) is 13.2 Å². The number of nitrogens with one attached hydrogen (secondary N) is 1. The van der Waals surface area contributed by atoms with Gasteiger partial charge in [-0.3, -0.25) is 0 Å². The maximum absolute atomic E-state index is 9.10. The fourth-order valence-corrected chi connectivity index (χ4v) is 3.69. The Kier molecular flexibility index (Phi) is 9.18. The monoisotopic (exact) mass is 453 g/mol. The van der Waals surface area contributed by atoms with E-state index in [1.54, 1.807) is 0 Å². The van der Waals surface area contributed by atoms with Crippen molar-refractivity contribution in [3.8, 4) is 0 Å². The Bertz CT molecular complexity index is 734. The number of benzene rings is 1. The van der Waals surface area contributed by atoms with E-state index in [-0.39, 0.29) is 30.0 Å². The number of carboxylic acid groups (broad SMARTS) is 2. The molecule has 9 nitrogen and oxygen atoms in total. The molecule has 0 spiro atoms. The summed E-state index contributed by atoms with van der Waals surface area (Å²) in [7, 11) is 0. The number of carbonyl (C=O) groups is 2. The Morgan fingerprint density at radius 1 is 1.06 bits per heavy atom. The van der Waals surface area contributed by atoms with Crippen LogP contribution in [0.15, 0.2) is 30.3 Å². The molecule has 1 aromatic rings. The fraction of sp³-hybridized carbons (Fsp3) is 0.652. The molecule has 0 amide bonds. The van der Waals surface area contributed by atoms with E-state index in [1.165, 1.54) is 5.56 Å². The van der Waals surface area contributed by atoms with Gasteiger partial charge in [0, 0.05) is 12.6 Å². The van der Waals surface area contributed by atoms with Gasteiger partial charge in [0.2, 0.25) is 0 Å². The molecule has 0 radical (unpaired) electrons. The molecular weight excluding hydrogens is 418 g/mol. The van der Waals surface area contributed by atoms with Crippen LogP contribution in [0.1, 0.15) is 46.6 Å². The number of fused-ring (bicyclic) bond motifs is 1. The van der Waals surface area contributed by atoms with Crippen LogP contribution in [0, 0.1) is 0 Å². The first kappa shape index (κ1) is 26.2. The van der Waals surface area contributed by atoms with Crippen LogP contribution in [0.3, 0.4) is 0 Å². The van der Waals surface area contributed by atoms with Gasteiger partial charge in [-0.1, -0.05) is 30.3 Å². The summed E-state index contributed by atoms with van der Waals surface area (Å²) in [5.74, 6) is -4.21. The number of carboxylic acids is 2. The minimum atomic E-state index is -1.82. The van der Waals surface area contributed by atoms with Crippen LogP contribution in [-0.2, 0) is 35.1 Å². The number of hydrogen-bond donors (Lipinski definition) is 3. The Morgan fingerprint density at radius 3 is 2.22 bits per heavy atom. The summed E-state index contributed by atoms with van der Waals surface area (Å²) in [6, 6.07) is 10.6. The van der Waals surface area contributed by atoms with Crippen molar-refractivity contribution < 1.29 is 38.7 Å². The zero-order valence-electron chi connectivity index (χ0n) is 19.4. The van der Waals surface area contributed by atoms with Gasteiger partial charge in [-0.05, 0) is 46.6 Å². The first-order valence-corrected chi connectivity index (χ1v) is 10.7. The molecule has 0 unspecified atom stereocenters. The first-order valence-electron chi connectivity index (χ1n) is 10.7. The molecule has 1 saturated carbocycles. The molecule has 1 aliphatic heterocycles. The second kappa shape index (κ2) is 11.2. The van der Waals surface area contributed by atoms with Crippen LogP contribution < -0.4 is 5.32 Å². The number of rotatable bonds is 7. The minimum absolute atomic E-state index is 0.0160. The van der Waals surface area contributed by atoms with Gasteiger partial charge in [0.25, 0.3) is 0 Å². The molecule has 4 atom stereocenters. The van der Waals surface area contributed by atoms with E-state index in [4.69, 9.17) is 38.7 Å². The molecule has 0 bridgehead atoms. The molecule has 32 heavy (non-hydrogen) atoms. The predicted octanol–water partition coefficient (Wildman–Crippen LogP) is 2.42. The highest BCUT2D eigenvalue weighted by Crippen LogP contribution is 2.39. The van der Waals surface area contributed by atoms with Crippen LogP contribution in [0.5, 0.6) is 0 Å². The highest BCUT2D eigenvalue weighted by molar-refractivity contribution is 6.27. The van der Waals surface area contributed by atoms with Crippen LogP contribution in [0.25, 0.3) is 0 Å². The van der Waals surface area contributed by atoms with E-state index < -0.39 is 17.7 Å². The third kappa shape index (κ3) is 8.48. The van der Waals surface area contributed by atoms with Crippen molar-refractivity contribution >= 4 is 11.9 Å². The van der Waals surface area contributed by atoms with Gasteiger partial charge in [-0.2, -0.15) is 0 Å². The molecular formula is C23H35NO8. The maximum Gasteiger partial charge on any atom is 0.414 e. The Balaban J connectivity index is 0.000000534. The number of ether oxygens (including phenoxy) is 4. The molecule has 1 aromatic carbocycles. The summed E-state index contributed by atoms with van der Waals surface area (Å²) < 4.78 is 24.2. The molecule has 2 aliphatic rings. The third-order valence-electron chi connectivity index (χ3n) is 4.96. The fourth-order valence-electron chi connectivity index (χ4n) is 3.69. The van der Waals surface area contributed by atoms with Crippen molar-refractivity contribution in [3.05, 3.63) is 35.9 Å². The van der Waals surface area contributed by atoms with Gasteiger partial charge in [0.15, 0.2) is 5.79 Å². The van der Waals surface area contributed by atoms with Crippen molar-refractivity contribution in [1.82, 2.24) is 5.32 Å². The zero-order chi connectivity index (χ0) is 23.9. The summed E-state index contributed by atoms with van der Waals surface area (Å²) in [6.45, 7) is 12.1. The lowest BCUT2D eigenvalue weighted by Gasteiger charge is -2.25. The summed E-state index contributed by atoms with van der Waals surface area (Å²) >= 11 is 0. The topological polar surface area (TPSA) is 124 Å². The zero-order valence-corrected chi connectivity index (χ0v) is 19.4. The molecule has 3 rings (SSSR count). The highest BCUT2D eigenvalue weighted by atomic mass is 16.8. The molecule has 1 heterocycles. The molecule has 180 valence electrons. The largest absolute Gasteiger partial charge is 0.473 e. The lowest BCUT2D eigenvalue weighted by molar-refractivity contribution is -0.170. The molecule has 3 N–H and O–H groups in total. The van der Waals surface area contributed by atoms with Crippen LogP contribution in [-0.4, -0.2) is 71.1 Å². The van der Waals surface area contributed by atoms with Crippen molar-refractivity contribution in [1.29, 1.82) is 0 Å². The van der Waals surface area contributed by atoms with E-state index >= 15 is 0 Å². The highest BCUT2D eigenvalue weighted by Gasteiger charge is 2.54. The van der Waals surface area contributed by atoms with Crippen LogP contribution >= 0.6 is 0 Å². The van der Waals surface area contributed by atoms with Crippen molar-refractivity contribution in [2.45, 2.75) is 83.3 Å². The second-order valence-electron chi connectivity index (χ2n) is 9.25. The predicted molar refractivity (Wildman–Crippen MR) is 116 cm³/mol. The number of hydrogen-bond acceptors (Lipinski definition) is 7. The average Bonchev–Trinajstić information content (AvgIpc) is 3.17. The van der Waals surface area contributed by atoms with Gasteiger partial charge in [-0.15, -0.1) is 0 Å². The normalized spacial score (nSPS) is 26.2. The van der Waals surface area contributed by atoms with Gasteiger partial charge >= 0.3 is 11.9 Å². The quantitative estimate of drug-likeness (QED) is 0.422. The molecule has 0 aromatic heterocycles. The summed E-state index contributed by atoms with van der Waals surface area (Å²) in [6.07, 6.45) is 0.891. The molecule has 2 fully saturated rings. The lowest BCUT2D eigenvalue weighted by Crippen LogP contribution is -2.39. The lowest BCUT2D eigenvalue weighted by atomic mass is 10.1. The van der Waals surface area contributed by atoms with Crippen molar-refractivity contribution in [3.63, 3.8) is 0 Å². The van der Waals surface area contributed by atoms with E-state index in [1.807, 2.05) is 19.9 Å². The van der Waals surface area contributed by atoms with Crippen LogP contribution in [0.2, 0.25) is 0 Å². The van der Waals surface area contributed by atoms with Crippen molar-refractivity contribution in [2.24, 2.45) is 0 Å². The smallest absolute Gasteiger partial charge is 0.414 e. The average molecular weight is 454 g/mol. The first-order chi connectivity index (χ1) is 14.9. The van der Waals surface area contributed by atoms with Crippen LogP contribution in [0.4, 0.5) is 0 Å². The summed E-state index contributed by atoms with van der Waals surface area (Å²) in [4.78, 5) is 18.2. The molecule has 9 heteroatoms. The van der Waals surface area contributed by atoms with E-state index in [9.17, 15) is 0 Å². The molecule has 1 aliphatic carbocycles. The Hall–Kier alpha value is -2.04. The number of aliphatic carboxylic acids is 2. The van der Waals surface area contributed by atoms with E-state index in [0.717, 1.165) is 13.0 Å². The van der Waals surface area contributed by atoms with Gasteiger partial charge in [0.05, 0.1) is 24.9 Å². The van der Waals surface area contributed by atoms with Gasteiger partial charge < -0.3 is 34.5 Å². The second-order valence-corrected chi connectivity index (χ2v) is 9.25. The Morgan fingerprint density at radius 2 is 1.66 bits per heavy atom. The molecule has 1 saturated heterocycles. The summed E-state index contributed by atoms with van der Waals surface area (Å²) in [5.41, 5.74) is 1.13. The minimum Gasteiger partial charge on any atom is -0.473 e.